The second-order valence-electron chi connectivity index (χ2n) is 5.31. The van der Waals surface area contributed by atoms with Gasteiger partial charge in [0.2, 0.25) is 5.90 Å². The molecule has 3 rings (SSSR count). The number of aliphatic imine (C=N–C) groups is 1. The summed E-state index contributed by atoms with van der Waals surface area (Å²) in [6.07, 6.45) is 1.57. The summed E-state index contributed by atoms with van der Waals surface area (Å²) in [6.45, 7) is 4.00. The van der Waals surface area contributed by atoms with Gasteiger partial charge in [0.1, 0.15) is 5.82 Å². The van der Waals surface area contributed by atoms with Crippen molar-refractivity contribution in [1.82, 2.24) is 0 Å². The minimum Gasteiger partial charge on any atom is -0.402 e. The van der Waals surface area contributed by atoms with Crippen molar-refractivity contribution < 1.29 is 13.9 Å². The lowest BCUT2D eigenvalue weighted by Gasteiger charge is -2.03. The first-order valence-corrected chi connectivity index (χ1v) is 7.78. The highest BCUT2D eigenvalue weighted by Gasteiger charge is 2.24. The number of rotatable bonds is 2. The molecule has 3 nitrogen and oxygen atoms in total. The van der Waals surface area contributed by atoms with Crippen LogP contribution >= 0.6 is 15.9 Å². The summed E-state index contributed by atoms with van der Waals surface area (Å²) < 4.78 is 18.8. The molecule has 23 heavy (non-hydrogen) atoms. The number of halogens is 2. The van der Waals surface area contributed by atoms with Crippen LogP contribution in [0.1, 0.15) is 22.3 Å². The largest absolute Gasteiger partial charge is 0.402 e. The monoisotopic (exact) mass is 373 g/mol. The van der Waals surface area contributed by atoms with Crippen molar-refractivity contribution in [2.45, 2.75) is 13.8 Å². The average molecular weight is 374 g/mol. The zero-order chi connectivity index (χ0) is 16.6. The molecule has 0 amide bonds. The number of hydrogen-bond acceptors (Lipinski definition) is 3. The fraction of sp³-hybridized carbons (Fsp3) is 0.111. The van der Waals surface area contributed by atoms with E-state index >= 15 is 0 Å². The van der Waals surface area contributed by atoms with Crippen LogP contribution < -0.4 is 0 Å². The van der Waals surface area contributed by atoms with Crippen molar-refractivity contribution in [2.75, 3.05) is 0 Å². The average Bonchev–Trinajstić information content (AvgIpc) is 2.87. The Bertz CT molecular complexity index is 871. The molecule has 0 N–H and O–H groups in total. The van der Waals surface area contributed by atoms with Gasteiger partial charge in [0.15, 0.2) is 5.70 Å². The Morgan fingerprint density at radius 3 is 2.61 bits per heavy atom. The van der Waals surface area contributed by atoms with Crippen LogP contribution in [0.4, 0.5) is 4.39 Å². The van der Waals surface area contributed by atoms with Gasteiger partial charge in [-0.05, 0) is 76.8 Å². The van der Waals surface area contributed by atoms with Crippen LogP contribution in [0.2, 0.25) is 0 Å². The SMILES string of the molecule is Cc1ccc(C2=N/C(=C\c3ccc(F)c(Br)c3)C(=O)O2)cc1C. The molecule has 2 aromatic rings. The minimum atomic E-state index is -0.515. The molecule has 0 fully saturated rings. The lowest BCUT2D eigenvalue weighted by molar-refractivity contribution is -0.129. The number of aryl methyl sites for hydroxylation is 2. The molecule has 0 atom stereocenters. The molecule has 0 saturated heterocycles. The summed E-state index contributed by atoms with van der Waals surface area (Å²) in [5, 5.41) is 0. The summed E-state index contributed by atoms with van der Waals surface area (Å²) in [5.41, 5.74) is 3.86. The van der Waals surface area contributed by atoms with Crippen LogP contribution in [-0.2, 0) is 9.53 Å². The van der Waals surface area contributed by atoms with Crippen LogP contribution in [0.3, 0.4) is 0 Å². The molecule has 0 spiro atoms. The second-order valence-corrected chi connectivity index (χ2v) is 6.16. The van der Waals surface area contributed by atoms with Gasteiger partial charge >= 0.3 is 5.97 Å². The smallest absolute Gasteiger partial charge is 0.363 e. The standard InChI is InChI=1S/C18H13BrFNO2/c1-10-3-5-13(7-11(10)2)17-21-16(18(22)23-17)9-12-4-6-15(20)14(19)8-12/h3-9H,1-2H3/b16-9-. The predicted molar refractivity (Wildman–Crippen MR) is 90.6 cm³/mol. The lowest BCUT2D eigenvalue weighted by atomic mass is 10.1. The first-order chi connectivity index (χ1) is 10.9. The molecule has 0 bridgehead atoms. The van der Waals surface area contributed by atoms with Gasteiger partial charge in [-0.3, -0.25) is 0 Å². The summed E-state index contributed by atoms with van der Waals surface area (Å²) in [7, 11) is 0. The van der Waals surface area contributed by atoms with Crippen molar-refractivity contribution >= 4 is 33.9 Å². The fourth-order valence-electron chi connectivity index (χ4n) is 2.17. The highest BCUT2D eigenvalue weighted by molar-refractivity contribution is 9.10. The molecule has 1 aliphatic rings. The van der Waals surface area contributed by atoms with E-state index in [4.69, 9.17) is 4.74 Å². The number of cyclic esters (lactones) is 1. The molecular formula is C18H13BrFNO2. The normalized spacial score (nSPS) is 15.7. The zero-order valence-corrected chi connectivity index (χ0v) is 14.1. The van der Waals surface area contributed by atoms with Gasteiger partial charge in [0.05, 0.1) is 4.47 Å². The third-order valence-electron chi connectivity index (χ3n) is 3.62. The van der Waals surface area contributed by atoms with Gasteiger partial charge in [0, 0.05) is 5.56 Å². The van der Waals surface area contributed by atoms with Gasteiger partial charge in [-0.1, -0.05) is 12.1 Å². The number of benzene rings is 2. The Labute approximate surface area is 141 Å². The van der Waals surface area contributed by atoms with E-state index in [0.29, 0.717) is 10.0 Å². The number of carbonyl (C=O) groups excluding carboxylic acids is 1. The summed E-state index contributed by atoms with van der Waals surface area (Å²) in [5.74, 6) is -0.593. The van der Waals surface area contributed by atoms with Crippen LogP contribution in [0.25, 0.3) is 6.08 Å². The van der Waals surface area contributed by atoms with Gasteiger partial charge in [0.25, 0.3) is 0 Å². The van der Waals surface area contributed by atoms with Gasteiger partial charge in [-0.2, -0.15) is 0 Å². The minimum absolute atomic E-state index is 0.191. The van der Waals surface area contributed by atoms with Crippen LogP contribution in [0.15, 0.2) is 51.6 Å². The van der Waals surface area contributed by atoms with E-state index in [-0.39, 0.29) is 17.4 Å². The fourth-order valence-corrected chi connectivity index (χ4v) is 2.56. The molecule has 0 unspecified atom stereocenters. The highest BCUT2D eigenvalue weighted by atomic mass is 79.9. The van der Waals surface area contributed by atoms with Crippen LogP contribution in [0.5, 0.6) is 0 Å². The molecule has 0 aliphatic carbocycles. The molecule has 0 saturated carbocycles. The summed E-state index contributed by atoms with van der Waals surface area (Å²) in [6, 6.07) is 10.2. The predicted octanol–water partition coefficient (Wildman–Crippen LogP) is 4.55. The maximum atomic E-state index is 13.3. The van der Waals surface area contributed by atoms with E-state index in [0.717, 1.165) is 16.7 Å². The Morgan fingerprint density at radius 2 is 1.91 bits per heavy atom. The number of ether oxygens (including phenoxy) is 1. The Morgan fingerprint density at radius 1 is 1.13 bits per heavy atom. The van der Waals surface area contributed by atoms with Gasteiger partial charge in [-0.25, -0.2) is 14.2 Å². The first-order valence-electron chi connectivity index (χ1n) is 6.99. The van der Waals surface area contributed by atoms with Crippen molar-refractivity contribution in [3.05, 3.63) is 74.6 Å². The molecule has 0 aromatic heterocycles. The number of esters is 1. The summed E-state index contributed by atoms with van der Waals surface area (Å²) >= 11 is 3.12. The van der Waals surface area contributed by atoms with Crippen molar-refractivity contribution in [1.29, 1.82) is 0 Å². The number of carbonyl (C=O) groups is 1. The third kappa shape index (κ3) is 3.24. The molecule has 1 aliphatic heterocycles. The van der Waals surface area contributed by atoms with E-state index in [1.165, 1.54) is 6.07 Å². The van der Waals surface area contributed by atoms with Crippen LogP contribution in [0, 0.1) is 19.7 Å². The quantitative estimate of drug-likeness (QED) is 0.572. The van der Waals surface area contributed by atoms with E-state index in [1.807, 2.05) is 32.0 Å². The van der Waals surface area contributed by atoms with Crippen molar-refractivity contribution in [3.8, 4) is 0 Å². The molecular weight excluding hydrogens is 361 g/mol. The van der Waals surface area contributed by atoms with Crippen LogP contribution in [-0.4, -0.2) is 11.9 Å². The highest BCUT2D eigenvalue weighted by Crippen LogP contribution is 2.23. The van der Waals surface area contributed by atoms with E-state index < -0.39 is 5.97 Å². The third-order valence-corrected chi connectivity index (χ3v) is 4.23. The molecule has 116 valence electrons. The molecule has 0 radical (unpaired) electrons. The molecule has 1 heterocycles. The first kappa shape index (κ1) is 15.6. The molecule has 5 heteroatoms. The second kappa shape index (κ2) is 6.08. The molecule has 2 aromatic carbocycles. The van der Waals surface area contributed by atoms with Gasteiger partial charge in [-0.15, -0.1) is 0 Å². The number of hydrogen-bond donors (Lipinski definition) is 0. The Kier molecular flexibility index (Phi) is 4.13. The topological polar surface area (TPSA) is 38.7 Å². The summed E-state index contributed by atoms with van der Waals surface area (Å²) in [4.78, 5) is 16.2. The Balaban J connectivity index is 1.95. The Hall–Kier alpha value is -2.27. The van der Waals surface area contributed by atoms with E-state index in [2.05, 4.69) is 20.9 Å². The van der Waals surface area contributed by atoms with E-state index in [1.54, 1.807) is 18.2 Å². The van der Waals surface area contributed by atoms with Gasteiger partial charge < -0.3 is 4.74 Å². The van der Waals surface area contributed by atoms with E-state index in [9.17, 15) is 9.18 Å². The van der Waals surface area contributed by atoms with Crippen molar-refractivity contribution in [2.24, 2.45) is 4.99 Å². The maximum absolute atomic E-state index is 13.3. The zero-order valence-electron chi connectivity index (χ0n) is 12.6. The van der Waals surface area contributed by atoms with Crippen molar-refractivity contribution in [3.63, 3.8) is 0 Å². The lowest BCUT2D eigenvalue weighted by Crippen LogP contribution is -2.05. The maximum Gasteiger partial charge on any atom is 0.363 e. The number of nitrogens with zero attached hydrogens (tertiary/aromatic N) is 1.